The van der Waals surface area contributed by atoms with Gasteiger partial charge in [0.2, 0.25) is 0 Å². The van der Waals surface area contributed by atoms with E-state index in [1.165, 1.54) is 12.4 Å². The molecular weight excluding hydrogens is 355 g/mol. The summed E-state index contributed by atoms with van der Waals surface area (Å²) in [4.78, 5) is 3.61. The first-order valence-corrected chi connectivity index (χ1v) is 8.77. The number of aromatic nitrogens is 2. The van der Waals surface area contributed by atoms with E-state index in [2.05, 4.69) is 4.98 Å². The number of benzene rings is 1. The van der Waals surface area contributed by atoms with Crippen LogP contribution in [-0.2, 0) is 22.6 Å². The molecule has 9 heteroatoms. The molecular formula is C16H14F3N3O2S. The van der Waals surface area contributed by atoms with E-state index in [4.69, 9.17) is 5.73 Å². The minimum Gasteiger partial charge on any atom is -0.330 e. The first kappa shape index (κ1) is 17.4. The van der Waals surface area contributed by atoms with Crippen LogP contribution in [0.2, 0.25) is 0 Å². The second kappa shape index (κ2) is 6.16. The van der Waals surface area contributed by atoms with Crippen LogP contribution in [0.1, 0.15) is 11.1 Å². The lowest BCUT2D eigenvalue weighted by molar-refractivity contribution is -0.137. The highest BCUT2D eigenvalue weighted by Crippen LogP contribution is 2.32. The fourth-order valence-electron chi connectivity index (χ4n) is 2.58. The largest absolute Gasteiger partial charge is 0.416 e. The van der Waals surface area contributed by atoms with Crippen molar-refractivity contribution in [3.8, 4) is 0 Å². The number of hydrogen-bond donors (Lipinski definition) is 1. The van der Waals surface area contributed by atoms with E-state index >= 15 is 0 Å². The molecule has 0 spiro atoms. The number of alkyl halides is 3. The predicted octanol–water partition coefficient (Wildman–Crippen LogP) is 2.79. The second-order valence-corrected chi connectivity index (χ2v) is 7.21. The van der Waals surface area contributed by atoms with Gasteiger partial charge in [-0.2, -0.15) is 13.2 Å². The summed E-state index contributed by atoms with van der Waals surface area (Å²) in [5, 5.41) is 0.600. The molecule has 5 nitrogen and oxygen atoms in total. The first-order chi connectivity index (χ1) is 11.7. The molecule has 3 rings (SSSR count). The fraction of sp³-hybridized carbons (Fsp3) is 0.188. The summed E-state index contributed by atoms with van der Waals surface area (Å²) in [7, 11) is -4.23. The zero-order valence-corrected chi connectivity index (χ0v) is 13.7. The van der Waals surface area contributed by atoms with Crippen LogP contribution in [0.4, 0.5) is 13.2 Å². The van der Waals surface area contributed by atoms with Gasteiger partial charge in [0.1, 0.15) is 0 Å². The van der Waals surface area contributed by atoms with Gasteiger partial charge in [0, 0.05) is 17.8 Å². The third-order valence-electron chi connectivity index (χ3n) is 3.75. The van der Waals surface area contributed by atoms with Crippen molar-refractivity contribution in [1.82, 2.24) is 8.96 Å². The summed E-state index contributed by atoms with van der Waals surface area (Å²) < 4.78 is 65.3. The van der Waals surface area contributed by atoms with Gasteiger partial charge >= 0.3 is 6.18 Å². The SMILES string of the molecule is NCCc1cn(S(=O)(=O)c2cccc(C(F)(F)F)c2)c2ncccc12. The summed E-state index contributed by atoms with van der Waals surface area (Å²) in [6.45, 7) is 0.303. The number of rotatable bonds is 4. The molecule has 0 aliphatic carbocycles. The molecule has 0 aliphatic heterocycles. The van der Waals surface area contributed by atoms with E-state index in [-0.39, 0.29) is 5.65 Å². The van der Waals surface area contributed by atoms with Crippen molar-refractivity contribution >= 4 is 21.1 Å². The number of nitrogens with zero attached hydrogens (tertiary/aromatic N) is 2. The molecule has 3 aromatic rings. The number of pyridine rings is 1. The summed E-state index contributed by atoms with van der Waals surface area (Å²) >= 11 is 0. The molecule has 1 aromatic carbocycles. The molecule has 0 atom stereocenters. The summed E-state index contributed by atoms with van der Waals surface area (Å²) in [5.74, 6) is 0. The highest BCUT2D eigenvalue weighted by atomic mass is 32.2. The van der Waals surface area contributed by atoms with Gasteiger partial charge in [-0.05, 0) is 48.9 Å². The van der Waals surface area contributed by atoms with Crippen molar-refractivity contribution in [2.75, 3.05) is 6.54 Å². The molecule has 132 valence electrons. The molecule has 0 bridgehead atoms. The minimum absolute atomic E-state index is 0.156. The molecule has 0 unspecified atom stereocenters. The normalized spacial score (nSPS) is 12.6. The Labute approximate surface area is 142 Å². The van der Waals surface area contributed by atoms with E-state index in [1.807, 2.05) is 0 Å². The maximum atomic E-state index is 12.9. The van der Waals surface area contributed by atoms with E-state index < -0.39 is 26.7 Å². The van der Waals surface area contributed by atoms with Crippen molar-refractivity contribution in [3.05, 3.63) is 59.9 Å². The third-order valence-corrected chi connectivity index (χ3v) is 5.39. The van der Waals surface area contributed by atoms with Gasteiger partial charge in [0.15, 0.2) is 5.65 Å². The van der Waals surface area contributed by atoms with Crippen LogP contribution in [0.25, 0.3) is 11.0 Å². The van der Waals surface area contributed by atoms with Gasteiger partial charge in [-0.1, -0.05) is 6.07 Å². The molecule has 0 saturated heterocycles. The summed E-state index contributed by atoms with van der Waals surface area (Å²) in [6, 6.07) is 6.99. The molecule has 0 amide bonds. The highest BCUT2D eigenvalue weighted by molar-refractivity contribution is 7.90. The smallest absolute Gasteiger partial charge is 0.330 e. The molecule has 25 heavy (non-hydrogen) atoms. The number of halogens is 3. The van der Waals surface area contributed by atoms with Crippen LogP contribution >= 0.6 is 0 Å². The van der Waals surface area contributed by atoms with Crippen molar-refractivity contribution in [3.63, 3.8) is 0 Å². The molecule has 2 N–H and O–H groups in total. The van der Waals surface area contributed by atoms with E-state index in [1.54, 1.807) is 12.1 Å². The van der Waals surface area contributed by atoms with Gasteiger partial charge in [-0.15, -0.1) is 0 Å². The van der Waals surface area contributed by atoms with Crippen molar-refractivity contribution in [1.29, 1.82) is 0 Å². The van der Waals surface area contributed by atoms with Gasteiger partial charge in [0.05, 0.1) is 10.5 Å². The Morgan fingerprint density at radius 2 is 1.92 bits per heavy atom. The molecule has 0 fully saturated rings. The van der Waals surface area contributed by atoms with Gasteiger partial charge in [-0.25, -0.2) is 17.4 Å². The lowest BCUT2D eigenvalue weighted by Gasteiger charge is -2.10. The summed E-state index contributed by atoms with van der Waals surface area (Å²) in [5.41, 5.74) is 5.34. The zero-order chi connectivity index (χ0) is 18.2. The molecule has 2 heterocycles. The summed E-state index contributed by atoms with van der Waals surface area (Å²) in [6.07, 6.45) is -1.42. The standard InChI is InChI=1S/C16H14F3N3O2S/c17-16(18,19)12-3-1-4-13(9-12)25(23,24)22-10-11(6-7-20)14-5-2-8-21-15(14)22/h1-5,8-10H,6-7,20H2. The number of nitrogens with two attached hydrogens (primary N) is 1. The lowest BCUT2D eigenvalue weighted by Crippen LogP contribution is -2.14. The monoisotopic (exact) mass is 369 g/mol. The van der Waals surface area contributed by atoms with Crippen molar-refractivity contribution < 1.29 is 21.6 Å². The maximum Gasteiger partial charge on any atom is 0.416 e. The van der Waals surface area contributed by atoms with Crippen LogP contribution < -0.4 is 5.73 Å². The minimum atomic E-state index is -4.63. The maximum absolute atomic E-state index is 12.9. The van der Waals surface area contributed by atoms with Gasteiger partial charge in [-0.3, -0.25) is 0 Å². The lowest BCUT2D eigenvalue weighted by atomic mass is 10.2. The molecule has 2 aromatic heterocycles. The Morgan fingerprint density at radius 1 is 1.16 bits per heavy atom. The molecule has 0 saturated carbocycles. The fourth-order valence-corrected chi connectivity index (χ4v) is 3.97. The Bertz CT molecular complexity index is 1030. The van der Waals surface area contributed by atoms with Crippen LogP contribution in [-0.4, -0.2) is 23.9 Å². The average molecular weight is 369 g/mol. The van der Waals surface area contributed by atoms with Crippen molar-refractivity contribution in [2.24, 2.45) is 5.73 Å². The number of fused-ring (bicyclic) bond motifs is 1. The van der Waals surface area contributed by atoms with Crippen LogP contribution in [0.15, 0.2) is 53.7 Å². The molecule has 0 aliphatic rings. The van der Waals surface area contributed by atoms with E-state index in [0.717, 1.165) is 22.2 Å². The zero-order valence-electron chi connectivity index (χ0n) is 12.9. The van der Waals surface area contributed by atoms with Crippen molar-refractivity contribution in [2.45, 2.75) is 17.5 Å². The third kappa shape index (κ3) is 3.12. The van der Waals surface area contributed by atoms with E-state index in [0.29, 0.717) is 30.0 Å². The Morgan fingerprint density at radius 3 is 2.60 bits per heavy atom. The average Bonchev–Trinajstić information content (AvgIpc) is 2.94. The van der Waals surface area contributed by atoms with Gasteiger partial charge < -0.3 is 5.73 Å². The quantitative estimate of drug-likeness (QED) is 0.767. The topological polar surface area (TPSA) is 78.0 Å². The van der Waals surface area contributed by atoms with Crippen LogP contribution in [0.5, 0.6) is 0 Å². The predicted molar refractivity (Wildman–Crippen MR) is 86.5 cm³/mol. The van der Waals surface area contributed by atoms with Crippen LogP contribution in [0, 0.1) is 0 Å². The Balaban J connectivity index is 2.21. The second-order valence-electron chi connectivity index (χ2n) is 5.39. The highest BCUT2D eigenvalue weighted by Gasteiger charge is 2.32. The molecule has 0 radical (unpaired) electrons. The van der Waals surface area contributed by atoms with E-state index in [9.17, 15) is 21.6 Å². The first-order valence-electron chi connectivity index (χ1n) is 7.33. The van der Waals surface area contributed by atoms with Gasteiger partial charge in [0.25, 0.3) is 10.0 Å². The number of hydrogen-bond acceptors (Lipinski definition) is 4. The Hall–Kier alpha value is -2.39. The van der Waals surface area contributed by atoms with Crippen LogP contribution in [0.3, 0.4) is 0 Å². The Kier molecular flexibility index (Phi) is 4.29.